The Bertz CT molecular complexity index is 2540. The summed E-state index contributed by atoms with van der Waals surface area (Å²) >= 11 is 1.86. The third-order valence-corrected chi connectivity index (χ3v) is 12.0. The maximum Gasteiger partial charge on any atom is 0.136 e. The zero-order valence-electron chi connectivity index (χ0n) is 25.5. The normalized spacial score (nSPS) is 23.1. The van der Waals surface area contributed by atoms with E-state index in [4.69, 9.17) is 14.4 Å². The smallest absolute Gasteiger partial charge is 0.136 e. The number of furan rings is 1. The zero-order chi connectivity index (χ0) is 30.7. The minimum absolute atomic E-state index is 0.122. The van der Waals surface area contributed by atoms with Gasteiger partial charge in [-0.05, 0) is 77.6 Å². The van der Waals surface area contributed by atoms with Gasteiger partial charge in [0.05, 0.1) is 17.3 Å². The molecule has 0 amide bonds. The molecule has 3 nitrogen and oxygen atoms in total. The van der Waals surface area contributed by atoms with Gasteiger partial charge in [0, 0.05) is 54.1 Å². The van der Waals surface area contributed by atoms with Crippen molar-refractivity contribution in [1.82, 2.24) is 0 Å². The molecule has 46 heavy (non-hydrogen) atoms. The number of hydrogen-bond acceptors (Lipinski definition) is 4. The van der Waals surface area contributed by atoms with Crippen LogP contribution in [0.3, 0.4) is 0 Å². The molecule has 1 fully saturated rings. The van der Waals surface area contributed by atoms with Crippen molar-refractivity contribution in [2.75, 3.05) is 0 Å². The molecule has 4 unspecified atom stereocenters. The Morgan fingerprint density at radius 3 is 2.50 bits per heavy atom. The molecule has 2 aliphatic heterocycles. The molecule has 4 heteroatoms. The van der Waals surface area contributed by atoms with Crippen LogP contribution in [-0.2, 0) is 6.42 Å². The van der Waals surface area contributed by atoms with Crippen LogP contribution < -0.4 is 0 Å². The van der Waals surface area contributed by atoms with Crippen molar-refractivity contribution in [1.29, 1.82) is 0 Å². The number of benzene rings is 5. The molecule has 1 aliphatic carbocycles. The van der Waals surface area contributed by atoms with E-state index in [-0.39, 0.29) is 23.4 Å². The monoisotopic (exact) mass is 610 g/mol. The minimum atomic E-state index is -0.314. The van der Waals surface area contributed by atoms with E-state index in [1.165, 1.54) is 53.6 Å². The summed E-state index contributed by atoms with van der Waals surface area (Å²) in [6.45, 7) is 10.5. The van der Waals surface area contributed by atoms with Crippen LogP contribution >= 0.6 is 11.3 Å². The largest absolute Gasteiger partial charge is 0.456 e. The lowest BCUT2D eigenvalue weighted by Gasteiger charge is -2.60. The van der Waals surface area contributed by atoms with Crippen LogP contribution in [0.1, 0.15) is 35.1 Å². The summed E-state index contributed by atoms with van der Waals surface area (Å²) in [7, 11) is 0. The highest BCUT2D eigenvalue weighted by molar-refractivity contribution is 7.26. The Labute approximate surface area is 270 Å². The van der Waals surface area contributed by atoms with Crippen LogP contribution in [-0.4, -0.2) is 23.0 Å². The first kappa shape index (κ1) is 26.2. The molecule has 3 aliphatic rings. The summed E-state index contributed by atoms with van der Waals surface area (Å²) < 4.78 is 9.29. The standard InChI is InChI=1S/C42H30N2OS/c1-4-34-40-39(30-13-7-6-11-27(30)35(5-2)43-40)42(34)22-25-20-37-33(21-32(25)23(3)44-42)28-18-17-24(19-36(28)45-37)26-14-10-15-31-29-12-8-9-16-38(29)46-41(26)31/h4-21,34,39-40H,1-2,22H2,3H3. The van der Waals surface area contributed by atoms with Gasteiger partial charge in [0.15, 0.2) is 0 Å². The molecule has 220 valence electrons. The second kappa shape index (κ2) is 9.24. The van der Waals surface area contributed by atoms with Crippen molar-refractivity contribution in [3.05, 3.63) is 145 Å². The van der Waals surface area contributed by atoms with Crippen LogP contribution in [0, 0.1) is 5.92 Å². The van der Waals surface area contributed by atoms with Gasteiger partial charge in [0.25, 0.3) is 0 Å². The predicted molar refractivity (Wildman–Crippen MR) is 194 cm³/mol. The van der Waals surface area contributed by atoms with Crippen molar-refractivity contribution in [2.45, 2.75) is 30.8 Å². The molecule has 7 aromatic rings. The Hall–Kier alpha value is -5.06. The van der Waals surface area contributed by atoms with E-state index < -0.39 is 0 Å². The number of allylic oxidation sites excluding steroid dienone is 1. The van der Waals surface area contributed by atoms with E-state index in [9.17, 15) is 0 Å². The van der Waals surface area contributed by atoms with Gasteiger partial charge in [-0.25, -0.2) is 0 Å². The third kappa shape index (κ3) is 3.32. The average Bonchev–Trinajstić information content (AvgIpc) is 3.64. The molecule has 5 aromatic carbocycles. The summed E-state index contributed by atoms with van der Waals surface area (Å²) in [5.41, 5.74) is 11.0. The van der Waals surface area contributed by atoms with Gasteiger partial charge < -0.3 is 4.42 Å². The average molecular weight is 611 g/mol. The number of rotatable bonds is 3. The van der Waals surface area contributed by atoms with Crippen molar-refractivity contribution in [3.63, 3.8) is 0 Å². The molecule has 2 aromatic heterocycles. The Kier molecular flexibility index (Phi) is 5.26. The highest BCUT2D eigenvalue weighted by Gasteiger charge is 2.64. The van der Waals surface area contributed by atoms with Crippen molar-refractivity contribution >= 4 is 64.9 Å². The molecule has 0 bridgehead atoms. The van der Waals surface area contributed by atoms with Crippen LogP contribution in [0.15, 0.2) is 137 Å². The van der Waals surface area contributed by atoms with Crippen LogP contribution in [0.25, 0.3) is 53.2 Å². The molecule has 1 saturated carbocycles. The molecular weight excluding hydrogens is 581 g/mol. The van der Waals surface area contributed by atoms with E-state index in [0.717, 1.165) is 39.8 Å². The molecule has 0 radical (unpaired) electrons. The summed E-state index contributed by atoms with van der Waals surface area (Å²) in [5.74, 6) is 0.346. The maximum absolute atomic E-state index is 6.66. The fraction of sp³-hybridized carbons (Fsp3) is 0.143. The quantitative estimate of drug-likeness (QED) is 0.183. The molecule has 0 N–H and O–H groups in total. The van der Waals surface area contributed by atoms with Crippen molar-refractivity contribution in [3.8, 4) is 11.1 Å². The fourth-order valence-corrected chi connectivity index (χ4v) is 10.1. The first-order chi connectivity index (χ1) is 22.6. The van der Waals surface area contributed by atoms with E-state index in [1.54, 1.807) is 0 Å². The number of fused-ring (bicyclic) bond motifs is 11. The zero-order valence-corrected chi connectivity index (χ0v) is 26.3. The number of aliphatic imine (C=N–C) groups is 2. The first-order valence-corrected chi connectivity index (χ1v) is 16.8. The predicted octanol–water partition coefficient (Wildman–Crippen LogP) is 10.7. The van der Waals surface area contributed by atoms with Gasteiger partial charge >= 0.3 is 0 Å². The van der Waals surface area contributed by atoms with E-state index in [2.05, 4.69) is 123 Å². The molecule has 1 spiro atoms. The van der Waals surface area contributed by atoms with Gasteiger partial charge in [-0.2, -0.15) is 0 Å². The molecular formula is C42H30N2OS. The lowest BCUT2D eigenvalue weighted by atomic mass is 9.49. The van der Waals surface area contributed by atoms with Crippen molar-refractivity contribution in [2.24, 2.45) is 15.9 Å². The van der Waals surface area contributed by atoms with Gasteiger partial charge in [-0.15, -0.1) is 17.9 Å². The fourth-order valence-electron chi connectivity index (χ4n) is 8.81. The van der Waals surface area contributed by atoms with Gasteiger partial charge in [-0.3, -0.25) is 9.98 Å². The number of nitrogens with zero attached hydrogens (tertiary/aromatic N) is 2. The van der Waals surface area contributed by atoms with Crippen LogP contribution in [0.5, 0.6) is 0 Å². The van der Waals surface area contributed by atoms with E-state index >= 15 is 0 Å². The van der Waals surface area contributed by atoms with Gasteiger partial charge in [0.1, 0.15) is 11.2 Å². The molecule has 10 rings (SSSR count). The van der Waals surface area contributed by atoms with Crippen molar-refractivity contribution < 1.29 is 4.42 Å². The van der Waals surface area contributed by atoms with Crippen LogP contribution in [0.2, 0.25) is 0 Å². The van der Waals surface area contributed by atoms with E-state index in [1.807, 2.05) is 17.4 Å². The first-order valence-electron chi connectivity index (χ1n) is 16.0. The molecule has 0 saturated heterocycles. The van der Waals surface area contributed by atoms with Crippen LogP contribution in [0.4, 0.5) is 0 Å². The SMILES string of the molecule is C=CC1=NC2C(C=C)C3(Cc4cc5oc6cc(-c7cccc8c7sc7ccccc78)ccc6c5cc4C(C)=N3)C2c2ccccc21. The maximum atomic E-state index is 6.66. The highest BCUT2D eigenvalue weighted by Crippen LogP contribution is 2.60. The second-order valence-corrected chi connectivity index (χ2v) is 14.1. The lowest BCUT2D eigenvalue weighted by molar-refractivity contribution is 0.0914. The van der Waals surface area contributed by atoms with Gasteiger partial charge in [-0.1, -0.05) is 79.4 Å². The summed E-state index contributed by atoms with van der Waals surface area (Å²) in [5, 5.41) is 4.90. The third-order valence-electron chi connectivity index (χ3n) is 10.8. The van der Waals surface area contributed by atoms with E-state index in [0.29, 0.717) is 0 Å². The minimum Gasteiger partial charge on any atom is -0.456 e. The topological polar surface area (TPSA) is 37.9 Å². The summed E-state index contributed by atoms with van der Waals surface area (Å²) in [6, 6.07) is 35.3. The second-order valence-electron chi connectivity index (χ2n) is 13.0. The molecule has 4 atom stereocenters. The Morgan fingerprint density at radius 2 is 1.61 bits per heavy atom. The summed E-state index contributed by atoms with van der Waals surface area (Å²) in [4.78, 5) is 10.7. The molecule has 4 heterocycles. The lowest BCUT2D eigenvalue weighted by Crippen LogP contribution is -2.65. The summed E-state index contributed by atoms with van der Waals surface area (Å²) in [6.07, 6.45) is 4.80. The number of thiophene rings is 1. The number of hydrogen-bond donors (Lipinski definition) is 0. The Balaban J connectivity index is 1.09. The highest BCUT2D eigenvalue weighted by atomic mass is 32.1. The Morgan fingerprint density at radius 1 is 0.804 bits per heavy atom. The van der Waals surface area contributed by atoms with Gasteiger partial charge in [0.2, 0.25) is 0 Å².